The summed E-state index contributed by atoms with van der Waals surface area (Å²) in [7, 11) is 0. The van der Waals surface area contributed by atoms with Crippen LogP contribution >= 0.6 is 23.4 Å². The average Bonchev–Trinajstić information content (AvgIpc) is 2.06. The quantitative estimate of drug-likeness (QED) is 0.781. The fraction of sp³-hybridized carbons (Fsp3) is 0.400. The Hall–Kier alpha value is -0.340. The maximum atomic E-state index is 6.01. The highest BCUT2D eigenvalue weighted by atomic mass is 35.5. The largest absolute Gasteiger partial charge is 0.399 e. The predicted molar refractivity (Wildman–Crippen MR) is 62.3 cm³/mol. The SMILES string of the molecule is CC(C)SCc1cc(N)ccc1Cl. The fourth-order valence-electron chi connectivity index (χ4n) is 0.962. The normalized spacial score (nSPS) is 10.8. The third-order valence-electron chi connectivity index (χ3n) is 1.64. The summed E-state index contributed by atoms with van der Waals surface area (Å²) in [5, 5.41) is 1.43. The number of hydrogen-bond acceptors (Lipinski definition) is 2. The molecule has 0 atom stereocenters. The molecule has 0 amide bonds. The second-order valence-corrected chi connectivity index (χ2v) is 5.18. The van der Waals surface area contributed by atoms with Crippen LogP contribution < -0.4 is 5.73 Å². The van der Waals surface area contributed by atoms with Gasteiger partial charge in [0.05, 0.1) is 0 Å². The lowest BCUT2D eigenvalue weighted by molar-refractivity contribution is 1.11. The Morgan fingerprint density at radius 2 is 2.15 bits per heavy atom. The summed E-state index contributed by atoms with van der Waals surface area (Å²) in [5.41, 5.74) is 7.57. The molecule has 0 spiro atoms. The summed E-state index contributed by atoms with van der Waals surface area (Å²) in [6.07, 6.45) is 0. The molecule has 1 nitrogen and oxygen atoms in total. The fourth-order valence-corrected chi connectivity index (χ4v) is 1.98. The van der Waals surface area contributed by atoms with Crippen molar-refractivity contribution >= 4 is 29.1 Å². The van der Waals surface area contributed by atoms with Crippen LogP contribution in [0.15, 0.2) is 18.2 Å². The van der Waals surface area contributed by atoms with Crippen LogP contribution in [0.3, 0.4) is 0 Å². The van der Waals surface area contributed by atoms with Crippen molar-refractivity contribution in [2.75, 3.05) is 5.73 Å². The number of hydrogen-bond donors (Lipinski definition) is 1. The molecule has 2 N–H and O–H groups in total. The van der Waals surface area contributed by atoms with Crippen molar-refractivity contribution in [3.63, 3.8) is 0 Å². The van der Waals surface area contributed by atoms with Crippen molar-refractivity contribution in [2.24, 2.45) is 0 Å². The van der Waals surface area contributed by atoms with E-state index in [9.17, 15) is 0 Å². The van der Waals surface area contributed by atoms with Gasteiger partial charge in [0.2, 0.25) is 0 Å². The van der Waals surface area contributed by atoms with E-state index in [1.807, 2.05) is 30.0 Å². The van der Waals surface area contributed by atoms with Crippen molar-refractivity contribution in [1.29, 1.82) is 0 Å². The van der Waals surface area contributed by atoms with E-state index >= 15 is 0 Å². The molecule has 1 rings (SSSR count). The van der Waals surface area contributed by atoms with E-state index in [2.05, 4.69) is 13.8 Å². The van der Waals surface area contributed by atoms with Gasteiger partial charge in [0.25, 0.3) is 0 Å². The number of thioether (sulfide) groups is 1. The Labute approximate surface area is 88.7 Å². The first kappa shape index (κ1) is 10.7. The summed E-state index contributed by atoms with van der Waals surface area (Å²) in [5.74, 6) is 0.932. The molecule has 0 radical (unpaired) electrons. The van der Waals surface area contributed by atoms with E-state index in [0.29, 0.717) is 5.25 Å². The molecular formula is C10H14ClNS. The first-order valence-corrected chi connectivity index (χ1v) is 5.68. The van der Waals surface area contributed by atoms with E-state index in [1.54, 1.807) is 0 Å². The second-order valence-electron chi connectivity index (χ2n) is 3.21. The van der Waals surface area contributed by atoms with Crippen molar-refractivity contribution < 1.29 is 0 Å². The van der Waals surface area contributed by atoms with Crippen LogP contribution in [0.5, 0.6) is 0 Å². The average molecular weight is 216 g/mol. The molecule has 3 heteroatoms. The van der Waals surface area contributed by atoms with E-state index in [-0.39, 0.29) is 0 Å². The second kappa shape index (κ2) is 4.77. The Morgan fingerprint density at radius 3 is 2.77 bits per heavy atom. The monoisotopic (exact) mass is 215 g/mol. The van der Waals surface area contributed by atoms with Crippen molar-refractivity contribution in [3.8, 4) is 0 Å². The summed E-state index contributed by atoms with van der Waals surface area (Å²) in [4.78, 5) is 0. The number of anilines is 1. The molecule has 72 valence electrons. The van der Waals surface area contributed by atoms with Gasteiger partial charge in [0, 0.05) is 16.5 Å². The third kappa shape index (κ3) is 3.49. The zero-order valence-corrected chi connectivity index (χ0v) is 9.45. The Balaban J connectivity index is 2.70. The van der Waals surface area contributed by atoms with Gasteiger partial charge < -0.3 is 5.73 Å². The zero-order chi connectivity index (χ0) is 9.84. The first-order chi connectivity index (χ1) is 6.09. The lowest BCUT2D eigenvalue weighted by atomic mass is 10.2. The van der Waals surface area contributed by atoms with Gasteiger partial charge in [-0.15, -0.1) is 0 Å². The molecule has 0 aliphatic heterocycles. The molecule has 0 saturated heterocycles. The molecule has 13 heavy (non-hydrogen) atoms. The molecule has 0 aromatic heterocycles. The van der Waals surface area contributed by atoms with E-state index in [1.165, 1.54) is 0 Å². The highest BCUT2D eigenvalue weighted by Gasteiger charge is 2.02. The topological polar surface area (TPSA) is 26.0 Å². The lowest BCUT2D eigenvalue weighted by Crippen LogP contribution is -1.92. The van der Waals surface area contributed by atoms with E-state index in [0.717, 1.165) is 22.0 Å². The number of halogens is 1. The van der Waals surface area contributed by atoms with Gasteiger partial charge in [0.1, 0.15) is 0 Å². The van der Waals surface area contributed by atoms with E-state index in [4.69, 9.17) is 17.3 Å². The van der Waals surface area contributed by atoms with Crippen LogP contribution in [0.1, 0.15) is 19.4 Å². The van der Waals surface area contributed by atoms with Crippen molar-refractivity contribution in [1.82, 2.24) is 0 Å². The van der Waals surface area contributed by atoms with E-state index < -0.39 is 0 Å². The van der Waals surface area contributed by atoms with Crippen molar-refractivity contribution in [2.45, 2.75) is 24.9 Å². The Morgan fingerprint density at radius 1 is 1.46 bits per heavy atom. The molecule has 0 aliphatic carbocycles. The molecule has 0 unspecified atom stereocenters. The maximum Gasteiger partial charge on any atom is 0.0447 e. The van der Waals surface area contributed by atoms with Crippen molar-refractivity contribution in [3.05, 3.63) is 28.8 Å². The number of nitrogens with two attached hydrogens (primary N) is 1. The van der Waals surface area contributed by atoms with Crippen LogP contribution in [0.2, 0.25) is 5.02 Å². The van der Waals surface area contributed by atoms with Gasteiger partial charge in [-0.1, -0.05) is 25.4 Å². The van der Waals surface area contributed by atoms with Gasteiger partial charge >= 0.3 is 0 Å². The summed E-state index contributed by atoms with van der Waals surface area (Å²) in [6.45, 7) is 4.34. The van der Waals surface area contributed by atoms with Crippen LogP contribution in [0.4, 0.5) is 5.69 Å². The van der Waals surface area contributed by atoms with Gasteiger partial charge in [-0.25, -0.2) is 0 Å². The van der Waals surface area contributed by atoms with Gasteiger partial charge in [-0.2, -0.15) is 11.8 Å². The van der Waals surface area contributed by atoms with Gasteiger partial charge in [-0.05, 0) is 29.0 Å². The van der Waals surface area contributed by atoms with Crippen LogP contribution in [0, 0.1) is 0 Å². The highest BCUT2D eigenvalue weighted by molar-refractivity contribution is 7.99. The predicted octanol–water partition coefficient (Wildman–Crippen LogP) is 3.56. The number of benzene rings is 1. The molecule has 1 aromatic rings. The Kier molecular flexibility index (Phi) is 3.94. The maximum absolute atomic E-state index is 6.01. The number of rotatable bonds is 3. The molecule has 1 aromatic carbocycles. The minimum Gasteiger partial charge on any atom is -0.399 e. The molecule has 0 aliphatic rings. The zero-order valence-electron chi connectivity index (χ0n) is 7.88. The smallest absolute Gasteiger partial charge is 0.0447 e. The van der Waals surface area contributed by atoms with Crippen LogP contribution in [-0.4, -0.2) is 5.25 Å². The standard InChI is InChI=1S/C10H14ClNS/c1-7(2)13-6-8-5-9(12)3-4-10(8)11/h3-5,7H,6,12H2,1-2H3. The third-order valence-corrected chi connectivity index (χ3v) is 3.16. The molecule has 0 heterocycles. The van der Waals surface area contributed by atoms with Gasteiger partial charge in [0.15, 0.2) is 0 Å². The summed E-state index contributed by atoms with van der Waals surface area (Å²) < 4.78 is 0. The minimum absolute atomic E-state index is 0.623. The molecule has 0 bridgehead atoms. The van der Waals surface area contributed by atoms with Gasteiger partial charge in [-0.3, -0.25) is 0 Å². The van der Waals surface area contributed by atoms with Crippen LogP contribution in [0.25, 0.3) is 0 Å². The first-order valence-electron chi connectivity index (χ1n) is 4.25. The summed E-state index contributed by atoms with van der Waals surface area (Å²) >= 11 is 7.88. The Bertz CT molecular complexity index is 286. The minimum atomic E-state index is 0.623. The summed E-state index contributed by atoms with van der Waals surface area (Å²) in [6, 6.07) is 5.62. The number of nitrogen functional groups attached to an aromatic ring is 1. The van der Waals surface area contributed by atoms with Crippen LogP contribution in [-0.2, 0) is 5.75 Å². The molecule has 0 fully saturated rings. The highest BCUT2D eigenvalue weighted by Crippen LogP contribution is 2.25. The molecular weight excluding hydrogens is 202 g/mol. The molecule has 0 saturated carbocycles. The lowest BCUT2D eigenvalue weighted by Gasteiger charge is -2.07.